The second kappa shape index (κ2) is 5.73. The molecule has 0 unspecified atom stereocenters. The molecular weight excluding hydrogens is 238 g/mol. The minimum absolute atomic E-state index is 0.227. The number of rotatable bonds is 3. The normalized spacial score (nSPS) is 10.5. The van der Waals surface area contributed by atoms with Crippen LogP contribution in [0.2, 0.25) is 0 Å². The number of benzene rings is 2. The number of carbonyl (C=O) groups excluding carboxylic acids is 1. The van der Waals surface area contributed by atoms with Crippen LogP contribution >= 0.6 is 0 Å². The number of hydrogen-bond donors (Lipinski definition) is 3. The molecular formula is C15H15N3O. The SMILES string of the molecule is Nc1ccc(/C=C/C(=O)Nc2ccccc2N)cc1. The fourth-order valence-electron chi connectivity index (χ4n) is 1.56. The Hall–Kier alpha value is -2.75. The molecule has 0 bridgehead atoms. The topological polar surface area (TPSA) is 81.1 Å². The summed E-state index contributed by atoms with van der Waals surface area (Å²) in [5.74, 6) is -0.227. The summed E-state index contributed by atoms with van der Waals surface area (Å²) in [4.78, 5) is 11.7. The summed E-state index contributed by atoms with van der Waals surface area (Å²) in [6.45, 7) is 0. The summed E-state index contributed by atoms with van der Waals surface area (Å²) in [6.07, 6.45) is 3.17. The Balaban J connectivity index is 2.02. The van der Waals surface area contributed by atoms with Crippen molar-refractivity contribution < 1.29 is 4.79 Å². The van der Waals surface area contributed by atoms with Crippen LogP contribution in [0.3, 0.4) is 0 Å². The van der Waals surface area contributed by atoms with E-state index in [1.165, 1.54) is 6.08 Å². The summed E-state index contributed by atoms with van der Waals surface area (Å²) >= 11 is 0. The Labute approximate surface area is 111 Å². The average molecular weight is 253 g/mol. The summed E-state index contributed by atoms with van der Waals surface area (Å²) < 4.78 is 0. The third-order valence-electron chi connectivity index (χ3n) is 2.58. The van der Waals surface area contributed by atoms with E-state index in [1.807, 2.05) is 24.3 Å². The van der Waals surface area contributed by atoms with Crippen LogP contribution in [-0.2, 0) is 4.79 Å². The van der Waals surface area contributed by atoms with Crippen LogP contribution in [0.25, 0.3) is 6.08 Å². The Kier molecular flexibility index (Phi) is 3.83. The molecule has 0 saturated carbocycles. The van der Waals surface area contributed by atoms with Crippen molar-refractivity contribution in [2.45, 2.75) is 0 Å². The van der Waals surface area contributed by atoms with Crippen molar-refractivity contribution in [2.24, 2.45) is 0 Å². The lowest BCUT2D eigenvalue weighted by Crippen LogP contribution is -2.09. The lowest BCUT2D eigenvalue weighted by Gasteiger charge is -2.04. The zero-order valence-corrected chi connectivity index (χ0v) is 10.3. The molecule has 2 rings (SSSR count). The van der Waals surface area contributed by atoms with Crippen LogP contribution < -0.4 is 16.8 Å². The minimum atomic E-state index is -0.227. The van der Waals surface area contributed by atoms with Crippen molar-refractivity contribution in [3.8, 4) is 0 Å². The van der Waals surface area contributed by atoms with Crippen molar-refractivity contribution in [1.29, 1.82) is 0 Å². The van der Waals surface area contributed by atoms with E-state index >= 15 is 0 Å². The molecule has 0 aliphatic carbocycles. The second-order valence-corrected chi connectivity index (χ2v) is 4.08. The Morgan fingerprint density at radius 3 is 2.37 bits per heavy atom. The van der Waals surface area contributed by atoms with Crippen LogP contribution in [0.4, 0.5) is 17.1 Å². The van der Waals surface area contributed by atoms with Gasteiger partial charge < -0.3 is 16.8 Å². The van der Waals surface area contributed by atoms with Gasteiger partial charge in [-0.25, -0.2) is 0 Å². The lowest BCUT2D eigenvalue weighted by molar-refractivity contribution is -0.111. The van der Waals surface area contributed by atoms with Crippen LogP contribution in [0, 0.1) is 0 Å². The molecule has 0 aliphatic heterocycles. The van der Waals surface area contributed by atoms with Gasteiger partial charge in [0.15, 0.2) is 0 Å². The molecule has 2 aromatic rings. The third-order valence-corrected chi connectivity index (χ3v) is 2.58. The number of nitrogens with one attached hydrogen (secondary N) is 1. The van der Waals surface area contributed by atoms with E-state index in [9.17, 15) is 4.79 Å². The van der Waals surface area contributed by atoms with Gasteiger partial charge in [0.1, 0.15) is 0 Å². The van der Waals surface area contributed by atoms with Gasteiger partial charge in [-0.1, -0.05) is 24.3 Å². The molecule has 1 amide bonds. The number of carbonyl (C=O) groups is 1. The average Bonchev–Trinajstić information content (AvgIpc) is 2.41. The smallest absolute Gasteiger partial charge is 0.248 e. The van der Waals surface area contributed by atoms with E-state index in [4.69, 9.17) is 11.5 Å². The first kappa shape index (κ1) is 12.7. The van der Waals surface area contributed by atoms with Crippen molar-refractivity contribution >= 4 is 29.0 Å². The maximum absolute atomic E-state index is 11.7. The highest BCUT2D eigenvalue weighted by Gasteiger charge is 2.00. The minimum Gasteiger partial charge on any atom is -0.399 e. The first-order valence-corrected chi connectivity index (χ1v) is 5.84. The molecule has 0 spiro atoms. The van der Waals surface area contributed by atoms with Gasteiger partial charge in [-0.2, -0.15) is 0 Å². The summed E-state index contributed by atoms with van der Waals surface area (Å²) in [5, 5.41) is 2.72. The molecule has 0 saturated heterocycles. The molecule has 2 aromatic carbocycles. The molecule has 0 aliphatic rings. The molecule has 5 N–H and O–H groups in total. The van der Waals surface area contributed by atoms with Gasteiger partial charge in [0.2, 0.25) is 5.91 Å². The van der Waals surface area contributed by atoms with Crippen LogP contribution in [0.1, 0.15) is 5.56 Å². The molecule has 4 nitrogen and oxygen atoms in total. The number of amides is 1. The fraction of sp³-hybridized carbons (Fsp3) is 0. The molecule has 0 radical (unpaired) electrons. The van der Waals surface area contributed by atoms with Crippen molar-refractivity contribution in [3.63, 3.8) is 0 Å². The van der Waals surface area contributed by atoms with Crippen LogP contribution in [-0.4, -0.2) is 5.91 Å². The van der Waals surface area contributed by atoms with Gasteiger partial charge in [-0.3, -0.25) is 4.79 Å². The van der Waals surface area contributed by atoms with Gasteiger partial charge in [-0.05, 0) is 35.9 Å². The fourth-order valence-corrected chi connectivity index (χ4v) is 1.56. The molecule has 0 atom stereocenters. The number of para-hydroxylation sites is 2. The third kappa shape index (κ3) is 3.61. The van der Waals surface area contributed by atoms with Crippen molar-refractivity contribution in [2.75, 3.05) is 16.8 Å². The molecule has 0 fully saturated rings. The molecule has 19 heavy (non-hydrogen) atoms. The monoisotopic (exact) mass is 253 g/mol. The molecule has 0 heterocycles. The van der Waals surface area contributed by atoms with E-state index in [2.05, 4.69) is 5.32 Å². The van der Waals surface area contributed by atoms with Crippen LogP contribution in [0.15, 0.2) is 54.6 Å². The quantitative estimate of drug-likeness (QED) is 0.580. The first-order valence-electron chi connectivity index (χ1n) is 5.84. The second-order valence-electron chi connectivity index (χ2n) is 4.08. The molecule has 96 valence electrons. The van der Waals surface area contributed by atoms with E-state index in [0.29, 0.717) is 17.1 Å². The Morgan fingerprint density at radius 1 is 1.00 bits per heavy atom. The largest absolute Gasteiger partial charge is 0.399 e. The molecule has 0 aromatic heterocycles. The van der Waals surface area contributed by atoms with E-state index in [-0.39, 0.29) is 5.91 Å². The summed E-state index contributed by atoms with van der Waals surface area (Å²) in [7, 11) is 0. The number of anilines is 3. The number of nitrogen functional groups attached to an aromatic ring is 2. The maximum Gasteiger partial charge on any atom is 0.248 e. The lowest BCUT2D eigenvalue weighted by atomic mass is 10.2. The zero-order valence-electron chi connectivity index (χ0n) is 10.3. The Morgan fingerprint density at radius 2 is 1.68 bits per heavy atom. The zero-order chi connectivity index (χ0) is 13.7. The maximum atomic E-state index is 11.7. The summed E-state index contributed by atoms with van der Waals surface area (Å²) in [5.41, 5.74) is 14.1. The predicted octanol–water partition coefficient (Wildman–Crippen LogP) is 2.50. The van der Waals surface area contributed by atoms with Gasteiger partial charge in [-0.15, -0.1) is 0 Å². The van der Waals surface area contributed by atoms with Gasteiger partial charge >= 0.3 is 0 Å². The first-order chi connectivity index (χ1) is 9.15. The van der Waals surface area contributed by atoms with Gasteiger partial charge in [0.25, 0.3) is 0 Å². The van der Waals surface area contributed by atoms with Crippen LogP contribution in [0.5, 0.6) is 0 Å². The highest BCUT2D eigenvalue weighted by atomic mass is 16.1. The standard InChI is InChI=1S/C15H15N3O/c16-12-8-5-11(6-9-12)7-10-15(19)18-14-4-2-1-3-13(14)17/h1-10H,16-17H2,(H,18,19)/b10-7+. The van der Waals surface area contributed by atoms with E-state index in [1.54, 1.807) is 30.3 Å². The summed E-state index contributed by atoms with van der Waals surface area (Å²) in [6, 6.07) is 14.4. The highest BCUT2D eigenvalue weighted by Crippen LogP contribution is 2.16. The highest BCUT2D eigenvalue weighted by molar-refractivity contribution is 6.03. The predicted molar refractivity (Wildman–Crippen MR) is 79.4 cm³/mol. The Bertz CT molecular complexity index is 603. The van der Waals surface area contributed by atoms with E-state index in [0.717, 1.165) is 5.56 Å². The molecule has 4 heteroatoms. The number of nitrogens with two attached hydrogens (primary N) is 2. The van der Waals surface area contributed by atoms with Gasteiger partial charge in [0.05, 0.1) is 11.4 Å². The van der Waals surface area contributed by atoms with Gasteiger partial charge in [0, 0.05) is 11.8 Å². The van der Waals surface area contributed by atoms with E-state index < -0.39 is 0 Å². The number of hydrogen-bond acceptors (Lipinski definition) is 3. The van der Waals surface area contributed by atoms with Crippen molar-refractivity contribution in [3.05, 3.63) is 60.2 Å². The van der Waals surface area contributed by atoms with Crippen molar-refractivity contribution in [1.82, 2.24) is 0 Å².